The van der Waals surface area contributed by atoms with Crippen LogP contribution in [0.1, 0.15) is 27.6 Å². The molecule has 0 aliphatic carbocycles. The van der Waals surface area contributed by atoms with Crippen molar-refractivity contribution in [2.24, 2.45) is 0 Å². The summed E-state index contributed by atoms with van der Waals surface area (Å²) in [7, 11) is 0. The number of hydrogen-bond donors (Lipinski definition) is 2. The molecular formula is C25H21N3O8. The molecule has 2 N–H and O–H groups in total. The number of aliphatic hydroxyl groups is 1. The van der Waals surface area contributed by atoms with Crippen LogP contribution in [-0.2, 0) is 19.9 Å². The van der Waals surface area contributed by atoms with Crippen LogP contribution in [0.3, 0.4) is 0 Å². The van der Waals surface area contributed by atoms with Crippen LogP contribution in [-0.4, -0.2) is 51.0 Å². The summed E-state index contributed by atoms with van der Waals surface area (Å²) in [6, 6.07) is 18.7. The Morgan fingerprint density at radius 1 is 1.06 bits per heavy atom. The Morgan fingerprint density at radius 3 is 2.19 bits per heavy atom. The molecule has 1 saturated heterocycles. The Hall–Kier alpha value is -4.53. The van der Waals surface area contributed by atoms with Crippen LogP contribution in [0, 0.1) is 11.3 Å². The maximum Gasteiger partial charge on any atom is 0.338 e. The zero-order valence-electron chi connectivity index (χ0n) is 18.9. The lowest BCUT2D eigenvalue weighted by Gasteiger charge is -2.26. The summed E-state index contributed by atoms with van der Waals surface area (Å²) in [4.78, 5) is 51.5. The molecule has 3 aromatic rings. The summed E-state index contributed by atoms with van der Waals surface area (Å²) in [5.74, 6) is -1.55. The van der Waals surface area contributed by atoms with Gasteiger partial charge in [-0.2, -0.15) is 5.26 Å². The molecule has 0 radical (unpaired) electrons. The summed E-state index contributed by atoms with van der Waals surface area (Å²) >= 11 is 0. The number of rotatable bonds is 6. The third kappa shape index (κ3) is 4.55. The summed E-state index contributed by atoms with van der Waals surface area (Å²) in [5.41, 5.74) is -3.77. The number of H-pyrrole nitrogens is 1. The van der Waals surface area contributed by atoms with Gasteiger partial charge in [0.25, 0.3) is 11.3 Å². The second kappa shape index (κ2) is 9.99. The summed E-state index contributed by atoms with van der Waals surface area (Å²) in [5, 5.41) is 21.2. The van der Waals surface area contributed by atoms with Crippen LogP contribution >= 0.6 is 0 Å². The Labute approximate surface area is 204 Å². The largest absolute Gasteiger partial charge is 0.456 e. The number of carbonyl (C=O) groups is 2. The van der Waals surface area contributed by atoms with E-state index < -0.39 is 53.3 Å². The smallest absolute Gasteiger partial charge is 0.338 e. The van der Waals surface area contributed by atoms with Crippen LogP contribution in [0.15, 0.2) is 82.5 Å². The second-order valence-electron chi connectivity index (χ2n) is 8.03. The van der Waals surface area contributed by atoms with Gasteiger partial charge in [0.05, 0.1) is 11.1 Å². The Balaban J connectivity index is 1.71. The summed E-state index contributed by atoms with van der Waals surface area (Å²) < 4.78 is 17.5. The number of nitrogens with zero attached hydrogens (tertiary/aromatic N) is 2. The van der Waals surface area contributed by atoms with Crippen LogP contribution in [0.4, 0.5) is 0 Å². The van der Waals surface area contributed by atoms with Crippen molar-refractivity contribution in [1.29, 1.82) is 5.26 Å². The van der Waals surface area contributed by atoms with E-state index in [4.69, 9.17) is 14.2 Å². The molecule has 1 aliphatic rings. The fraction of sp³-hybridized carbons (Fsp3) is 0.240. The van der Waals surface area contributed by atoms with Gasteiger partial charge in [0, 0.05) is 12.3 Å². The van der Waals surface area contributed by atoms with Gasteiger partial charge >= 0.3 is 17.6 Å². The molecule has 5 unspecified atom stereocenters. The lowest BCUT2D eigenvalue weighted by molar-refractivity contribution is -0.126. The van der Waals surface area contributed by atoms with E-state index in [9.17, 15) is 29.5 Å². The van der Waals surface area contributed by atoms with E-state index in [1.807, 2.05) is 4.98 Å². The fourth-order valence-electron chi connectivity index (χ4n) is 3.91. The number of esters is 2. The number of carbonyl (C=O) groups excluding carboxylic acids is 2. The van der Waals surface area contributed by atoms with Gasteiger partial charge < -0.3 is 19.3 Å². The van der Waals surface area contributed by atoms with Gasteiger partial charge in [-0.25, -0.2) is 14.4 Å². The molecule has 1 aromatic heterocycles. The van der Waals surface area contributed by atoms with Gasteiger partial charge in [-0.15, -0.1) is 0 Å². The number of aliphatic hydroxyl groups excluding tert-OH is 1. The molecule has 1 aliphatic heterocycles. The number of hydrogen-bond acceptors (Lipinski definition) is 9. The summed E-state index contributed by atoms with van der Waals surface area (Å²) in [6.45, 7) is 1.44. The average Bonchev–Trinajstić information content (AvgIpc) is 3.17. The first-order valence-corrected chi connectivity index (χ1v) is 10.9. The van der Waals surface area contributed by atoms with Gasteiger partial charge in [0.1, 0.15) is 18.3 Å². The molecule has 5 atom stereocenters. The molecule has 11 nitrogen and oxygen atoms in total. The van der Waals surface area contributed by atoms with Crippen molar-refractivity contribution >= 4 is 11.9 Å². The molecule has 0 amide bonds. The minimum Gasteiger partial charge on any atom is -0.456 e. The SMILES string of the molecule is CC(OC(=O)c1ccccc1)C1OC(C#N)(n2ccc(=O)[nH]c2=O)C(O)C1OC(=O)c1ccccc1. The molecule has 36 heavy (non-hydrogen) atoms. The second-order valence-corrected chi connectivity index (χ2v) is 8.03. The Morgan fingerprint density at radius 2 is 1.64 bits per heavy atom. The van der Waals surface area contributed by atoms with Crippen LogP contribution in [0.25, 0.3) is 0 Å². The van der Waals surface area contributed by atoms with Crippen LogP contribution in [0.5, 0.6) is 0 Å². The lowest BCUT2D eigenvalue weighted by Crippen LogP contribution is -2.51. The van der Waals surface area contributed by atoms with E-state index in [0.717, 1.165) is 12.3 Å². The first-order valence-electron chi connectivity index (χ1n) is 10.9. The number of aromatic nitrogens is 2. The maximum atomic E-state index is 12.8. The zero-order chi connectivity index (χ0) is 25.9. The number of nitriles is 1. The third-order valence-corrected chi connectivity index (χ3v) is 5.71. The van der Waals surface area contributed by atoms with Crippen LogP contribution < -0.4 is 11.2 Å². The third-order valence-electron chi connectivity index (χ3n) is 5.71. The topological polar surface area (TPSA) is 161 Å². The highest BCUT2D eigenvalue weighted by molar-refractivity contribution is 5.90. The number of aromatic amines is 1. The monoisotopic (exact) mass is 491 g/mol. The molecule has 2 aromatic carbocycles. The zero-order valence-corrected chi connectivity index (χ0v) is 18.9. The van der Waals surface area contributed by atoms with E-state index in [0.29, 0.717) is 4.57 Å². The van der Waals surface area contributed by atoms with E-state index in [1.54, 1.807) is 42.5 Å². The van der Waals surface area contributed by atoms with E-state index in [1.165, 1.54) is 31.2 Å². The highest BCUT2D eigenvalue weighted by Gasteiger charge is 2.61. The number of benzene rings is 2. The predicted octanol–water partition coefficient (Wildman–Crippen LogP) is 0.944. The maximum absolute atomic E-state index is 12.8. The van der Waals surface area contributed by atoms with Crippen molar-refractivity contribution in [3.05, 3.63) is 105 Å². The minimum absolute atomic E-state index is 0.160. The Bertz CT molecular complexity index is 1410. The Kier molecular flexibility index (Phi) is 6.82. The normalized spacial score (nSPS) is 23.9. The molecule has 0 spiro atoms. The number of nitrogens with one attached hydrogen (secondary N) is 1. The molecular weight excluding hydrogens is 470 g/mol. The van der Waals surface area contributed by atoms with Gasteiger partial charge in [0.15, 0.2) is 12.2 Å². The van der Waals surface area contributed by atoms with Crippen molar-refractivity contribution < 1.29 is 28.9 Å². The van der Waals surface area contributed by atoms with Gasteiger partial charge in [-0.3, -0.25) is 14.3 Å². The van der Waals surface area contributed by atoms with E-state index in [2.05, 4.69) is 0 Å². The van der Waals surface area contributed by atoms with Gasteiger partial charge in [-0.1, -0.05) is 36.4 Å². The van der Waals surface area contributed by atoms with Crippen molar-refractivity contribution in [2.75, 3.05) is 0 Å². The van der Waals surface area contributed by atoms with Crippen LogP contribution in [0.2, 0.25) is 0 Å². The minimum atomic E-state index is -2.40. The predicted molar refractivity (Wildman–Crippen MR) is 123 cm³/mol. The molecule has 1 fully saturated rings. The first-order chi connectivity index (χ1) is 17.3. The van der Waals surface area contributed by atoms with Crippen molar-refractivity contribution in [3.8, 4) is 6.07 Å². The molecule has 11 heteroatoms. The standard InChI is InChI=1S/C25H21N3O8/c1-15(34-22(31)16-8-4-2-5-9-16)19-20(35-23(32)17-10-6-3-7-11-17)21(30)25(14-26,36-19)28-13-12-18(29)27-24(28)33/h2-13,15,19-21,30H,1H3,(H,27,29,33). The summed E-state index contributed by atoms with van der Waals surface area (Å²) in [6.07, 6.45) is -4.96. The molecule has 4 rings (SSSR count). The molecule has 0 bridgehead atoms. The highest BCUT2D eigenvalue weighted by atomic mass is 16.6. The fourth-order valence-corrected chi connectivity index (χ4v) is 3.91. The average molecular weight is 491 g/mol. The quantitative estimate of drug-likeness (QED) is 0.478. The first kappa shape index (κ1) is 24.6. The van der Waals surface area contributed by atoms with E-state index in [-0.39, 0.29) is 11.1 Å². The highest BCUT2D eigenvalue weighted by Crippen LogP contribution is 2.38. The van der Waals surface area contributed by atoms with Crippen molar-refractivity contribution in [2.45, 2.75) is 37.1 Å². The lowest BCUT2D eigenvalue weighted by atomic mass is 10.0. The molecule has 184 valence electrons. The van der Waals surface area contributed by atoms with Crippen molar-refractivity contribution in [1.82, 2.24) is 9.55 Å². The van der Waals surface area contributed by atoms with Crippen molar-refractivity contribution in [3.63, 3.8) is 0 Å². The van der Waals surface area contributed by atoms with Gasteiger partial charge in [0.2, 0.25) is 0 Å². The molecule has 0 saturated carbocycles. The molecule has 2 heterocycles. The number of ether oxygens (including phenoxy) is 3. The van der Waals surface area contributed by atoms with E-state index >= 15 is 0 Å². The van der Waals surface area contributed by atoms with Gasteiger partial charge in [-0.05, 0) is 31.2 Å².